The Balaban J connectivity index is 2.10. The first-order valence-corrected chi connectivity index (χ1v) is 8.34. The molecule has 0 radical (unpaired) electrons. The van der Waals surface area contributed by atoms with Crippen molar-refractivity contribution in [3.05, 3.63) is 35.9 Å². The van der Waals surface area contributed by atoms with Crippen molar-refractivity contribution in [3.63, 3.8) is 0 Å². The predicted octanol–water partition coefficient (Wildman–Crippen LogP) is 2.29. The standard InChI is InChI=1S/C18H25NO4/c1-2-23-18(22)15(16(20)13-9-5-3-6-10-13)19-17(21)14-11-7-4-8-12-14/h4,7-8,11-13,15-16,20H,2-3,5-6,9-10H2,1H3,(H,19,21). The molecule has 0 saturated heterocycles. The summed E-state index contributed by atoms with van der Waals surface area (Å²) >= 11 is 0. The van der Waals surface area contributed by atoms with E-state index in [9.17, 15) is 14.7 Å². The number of benzene rings is 1. The molecule has 0 aliphatic heterocycles. The smallest absolute Gasteiger partial charge is 0.331 e. The van der Waals surface area contributed by atoms with E-state index in [4.69, 9.17) is 4.74 Å². The lowest BCUT2D eigenvalue weighted by atomic mass is 9.82. The van der Waals surface area contributed by atoms with Crippen LogP contribution in [0.3, 0.4) is 0 Å². The highest BCUT2D eigenvalue weighted by molar-refractivity contribution is 5.96. The number of carbonyl (C=O) groups excluding carboxylic acids is 2. The molecule has 1 amide bonds. The fourth-order valence-corrected chi connectivity index (χ4v) is 3.08. The number of nitrogens with one attached hydrogen (secondary N) is 1. The van der Waals surface area contributed by atoms with E-state index < -0.39 is 18.1 Å². The molecular formula is C18H25NO4. The molecule has 0 heterocycles. The number of ether oxygens (including phenoxy) is 1. The summed E-state index contributed by atoms with van der Waals surface area (Å²) in [4.78, 5) is 24.5. The van der Waals surface area contributed by atoms with E-state index in [1.165, 1.54) is 0 Å². The largest absolute Gasteiger partial charge is 0.464 e. The van der Waals surface area contributed by atoms with Gasteiger partial charge in [0.25, 0.3) is 5.91 Å². The molecule has 1 aromatic carbocycles. The Morgan fingerprint density at radius 2 is 1.87 bits per heavy atom. The molecule has 2 rings (SSSR count). The SMILES string of the molecule is CCOC(=O)C(NC(=O)c1ccccc1)C(O)C1CCCCC1. The molecule has 126 valence electrons. The molecule has 1 aromatic rings. The van der Waals surface area contributed by atoms with Crippen molar-refractivity contribution in [3.8, 4) is 0 Å². The predicted molar refractivity (Wildman–Crippen MR) is 86.9 cm³/mol. The van der Waals surface area contributed by atoms with Crippen molar-refractivity contribution >= 4 is 11.9 Å². The first-order chi connectivity index (χ1) is 11.1. The molecule has 2 N–H and O–H groups in total. The van der Waals surface area contributed by atoms with Gasteiger partial charge in [-0.1, -0.05) is 37.5 Å². The molecule has 0 spiro atoms. The van der Waals surface area contributed by atoms with Crippen LogP contribution in [-0.2, 0) is 9.53 Å². The van der Waals surface area contributed by atoms with Crippen molar-refractivity contribution in [2.24, 2.45) is 5.92 Å². The van der Waals surface area contributed by atoms with Gasteiger partial charge in [0.15, 0.2) is 6.04 Å². The lowest BCUT2D eigenvalue weighted by molar-refractivity contribution is -0.149. The minimum absolute atomic E-state index is 0.0224. The van der Waals surface area contributed by atoms with Gasteiger partial charge < -0.3 is 15.2 Å². The summed E-state index contributed by atoms with van der Waals surface area (Å²) < 4.78 is 5.04. The molecule has 1 aliphatic carbocycles. The van der Waals surface area contributed by atoms with E-state index in [0.717, 1.165) is 32.1 Å². The van der Waals surface area contributed by atoms with Crippen LogP contribution in [0.5, 0.6) is 0 Å². The fraction of sp³-hybridized carbons (Fsp3) is 0.556. The number of aliphatic hydroxyl groups excluding tert-OH is 1. The van der Waals surface area contributed by atoms with Gasteiger partial charge in [0, 0.05) is 5.56 Å². The van der Waals surface area contributed by atoms with Crippen molar-refractivity contribution in [2.75, 3.05) is 6.61 Å². The summed E-state index contributed by atoms with van der Waals surface area (Å²) in [5.74, 6) is -0.928. The fourth-order valence-electron chi connectivity index (χ4n) is 3.08. The van der Waals surface area contributed by atoms with Gasteiger partial charge >= 0.3 is 5.97 Å². The van der Waals surface area contributed by atoms with Crippen molar-refractivity contribution in [1.82, 2.24) is 5.32 Å². The number of rotatable bonds is 6. The highest BCUT2D eigenvalue weighted by Crippen LogP contribution is 2.28. The molecule has 2 unspecified atom stereocenters. The second-order valence-electron chi connectivity index (χ2n) is 5.96. The Morgan fingerprint density at radius 3 is 2.48 bits per heavy atom. The van der Waals surface area contributed by atoms with E-state index in [2.05, 4.69) is 5.32 Å². The van der Waals surface area contributed by atoms with Crippen molar-refractivity contribution < 1.29 is 19.4 Å². The third kappa shape index (κ3) is 4.79. The highest BCUT2D eigenvalue weighted by atomic mass is 16.5. The Bertz CT molecular complexity index is 511. The van der Waals surface area contributed by atoms with Crippen LogP contribution < -0.4 is 5.32 Å². The number of hydrogen-bond donors (Lipinski definition) is 2. The third-order valence-electron chi connectivity index (χ3n) is 4.34. The first kappa shape index (κ1) is 17.5. The Kier molecular flexibility index (Phi) is 6.59. The van der Waals surface area contributed by atoms with E-state index >= 15 is 0 Å². The number of carbonyl (C=O) groups is 2. The van der Waals surface area contributed by atoms with Gasteiger partial charge in [0.2, 0.25) is 0 Å². The van der Waals surface area contributed by atoms with Crippen LogP contribution in [0.2, 0.25) is 0 Å². The second-order valence-corrected chi connectivity index (χ2v) is 5.96. The normalized spacial score (nSPS) is 18.0. The van der Waals surface area contributed by atoms with Crippen LogP contribution in [0, 0.1) is 5.92 Å². The molecule has 23 heavy (non-hydrogen) atoms. The van der Waals surface area contributed by atoms with E-state index in [1.807, 2.05) is 6.07 Å². The summed E-state index contributed by atoms with van der Waals surface area (Å²) in [7, 11) is 0. The van der Waals surface area contributed by atoms with Crippen LogP contribution in [0.4, 0.5) is 0 Å². The number of aliphatic hydroxyl groups is 1. The van der Waals surface area contributed by atoms with Gasteiger partial charge in [-0.25, -0.2) is 4.79 Å². The zero-order valence-electron chi connectivity index (χ0n) is 13.5. The summed E-state index contributed by atoms with van der Waals surface area (Å²) in [6.07, 6.45) is 4.08. The maximum atomic E-state index is 12.3. The van der Waals surface area contributed by atoms with Gasteiger partial charge in [-0.05, 0) is 37.8 Å². The molecule has 0 bridgehead atoms. The number of esters is 1. The van der Waals surface area contributed by atoms with Gasteiger partial charge in [-0.3, -0.25) is 4.79 Å². The quantitative estimate of drug-likeness (QED) is 0.789. The van der Waals surface area contributed by atoms with Crippen LogP contribution >= 0.6 is 0 Å². The summed E-state index contributed by atoms with van der Waals surface area (Å²) in [6.45, 7) is 1.93. The minimum atomic E-state index is -1.02. The highest BCUT2D eigenvalue weighted by Gasteiger charge is 2.35. The Hall–Kier alpha value is -1.88. The molecule has 5 nitrogen and oxygen atoms in total. The summed E-state index contributed by atoms with van der Waals surface area (Å²) in [5.41, 5.74) is 0.456. The molecule has 1 fully saturated rings. The maximum absolute atomic E-state index is 12.3. The Morgan fingerprint density at radius 1 is 1.22 bits per heavy atom. The molecule has 5 heteroatoms. The van der Waals surface area contributed by atoms with Crippen molar-refractivity contribution in [2.45, 2.75) is 51.2 Å². The van der Waals surface area contributed by atoms with Crippen LogP contribution in [0.15, 0.2) is 30.3 Å². The van der Waals surface area contributed by atoms with Crippen LogP contribution in [0.25, 0.3) is 0 Å². The summed E-state index contributed by atoms with van der Waals surface area (Å²) in [5, 5.41) is 13.3. The monoisotopic (exact) mass is 319 g/mol. The lowest BCUT2D eigenvalue weighted by Gasteiger charge is -2.31. The summed E-state index contributed by atoms with van der Waals surface area (Å²) in [6, 6.07) is 7.65. The van der Waals surface area contributed by atoms with Crippen LogP contribution in [0.1, 0.15) is 49.4 Å². The molecule has 1 saturated carbocycles. The number of amides is 1. The van der Waals surface area contributed by atoms with Gasteiger partial charge in [-0.2, -0.15) is 0 Å². The topological polar surface area (TPSA) is 75.6 Å². The van der Waals surface area contributed by atoms with Crippen LogP contribution in [-0.4, -0.2) is 35.7 Å². The zero-order valence-corrected chi connectivity index (χ0v) is 13.5. The van der Waals surface area contributed by atoms with Gasteiger partial charge in [0.05, 0.1) is 12.7 Å². The minimum Gasteiger partial charge on any atom is -0.464 e. The van der Waals surface area contributed by atoms with E-state index in [-0.39, 0.29) is 18.4 Å². The van der Waals surface area contributed by atoms with E-state index in [0.29, 0.717) is 5.56 Å². The molecular weight excluding hydrogens is 294 g/mol. The molecule has 2 atom stereocenters. The molecule has 1 aliphatic rings. The maximum Gasteiger partial charge on any atom is 0.331 e. The average Bonchev–Trinajstić information content (AvgIpc) is 2.60. The average molecular weight is 319 g/mol. The van der Waals surface area contributed by atoms with Gasteiger partial charge in [-0.15, -0.1) is 0 Å². The first-order valence-electron chi connectivity index (χ1n) is 8.34. The molecule has 0 aromatic heterocycles. The zero-order chi connectivity index (χ0) is 16.7. The third-order valence-corrected chi connectivity index (χ3v) is 4.34. The van der Waals surface area contributed by atoms with Crippen molar-refractivity contribution in [1.29, 1.82) is 0 Å². The number of hydrogen-bond acceptors (Lipinski definition) is 4. The second kappa shape index (κ2) is 8.67. The van der Waals surface area contributed by atoms with E-state index in [1.54, 1.807) is 31.2 Å². The van der Waals surface area contributed by atoms with Gasteiger partial charge in [0.1, 0.15) is 0 Å². The lowest BCUT2D eigenvalue weighted by Crippen LogP contribution is -2.52. The Labute approximate surface area is 137 Å².